The molecule has 0 amide bonds. The number of hydrogen-bond acceptors (Lipinski definition) is 2. The topological polar surface area (TPSA) is 40.5 Å². The number of benzene rings is 1. The molecule has 0 aliphatic rings. The zero-order valence-electron chi connectivity index (χ0n) is 11.1. The molecule has 0 radical (unpaired) electrons. The van der Waals surface area contributed by atoms with Crippen molar-refractivity contribution in [3.8, 4) is 5.75 Å². The molecule has 94 valence electrons. The standard InChI is InChI=1S/C15H22O2/c1-11(6-5-9-15(3,4)17)13-8-7-12(2)14(16)10-13/h5,7-11,16-17H,6H2,1-4H3/t11-/m1/s1. The normalized spacial score (nSPS) is 14.2. The molecule has 17 heavy (non-hydrogen) atoms. The van der Waals surface area contributed by atoms with Gasteiger partial charge in [0, 0.05) is 0 Å². The molecule has 0 bridgehead atoms. The molecule has 0 saturated carbocycles. The zero-order chi connectivity index (χ0) is 13.1. The van der Waals surface area contributed by atoms with Crippen molar-refractivity contribution in [2.24, 2.45) is 0 Å². The van der Waals surface area contributed by atoms with Gasteiger partial charge in [-0.05, 0) is 50.3 Å². The van der Waals surface area contributed by atoms with E-state index in [1.807, 2.05) is 31.2 Å². The van der Waals surface area contributed by atoms with Crippen LogP contribution in [-0.4, -0.2) is 15.8 Å². The first-order chi connectivity index (χ1) is 7.79. The van der Waals surface area contributed by atoms with Gasteiger partial charge in [-0.3, -0.25) is 0 Å². The minimum atomic E-state index is -0.755. The number of allylic oxidation sites excluding steroid dienone is 1. The summed E-state index contributed by atoms with van der Waals surface area (Å²) in [5.41, 5.74) is 1.26. The van der Waals surface area contributed by atoms with Crippen molar-refractivity contribution < 1.29 is 10.2 Å². The van der Waals surface area contributed by atoms with Crippen LogP contribution in [0.5, 0.6) is 5.75 Å². The number of aromatic hydroxyl groups is 1. The molecule has 0 heterocycles. The lowest BCUT2D eigenvalue weighted by molar-refractivity contribution is 0.133. The lowest BCUT2D eigenvalue weighted by Gasteiger charge is -2.13. The summed E-state index contributed by atoms with van der Waals surface area (Å²) in [6, 6.07) is 5.79. The summed E-state index contributed by atoms with van der Waals surface area (Å²) in [5.74, 6) is 0.681. The summed E-state index contributed by atoms with van der Waals surface area (Å²) in [7, 11) is 0. The minimum absolute atomic E-state index is 0.333. The molecule has 1 aromatic carbocycles. The third-order valence-electron chi connectivity index (χ3n) is 2.82. The van der Waals surface area contributed by atoms with Gasteiger partial charge in [-0.2, -0.15) is 0 Å². The van der Waals surface area contributed by atoms with Crippen molar-refractivity contribution in [2.45, 2.75) is 45.6 Å². The van der Waals surface area contributed by atoms with Gasteiger partial charge in [-0.25, -0.2) is 0 Å². The summed E-state index contributed by atoms with van der Waals surface area (Å²) in [5, 5.41) is 19.2. The first kappa shape index (κ1) is 13.8. The third kappa shape index (κ3) is 4.61. The maximum Gasteiger partial charge on any atom is 0.118 e. The van der Waals surface area contributed by atoms with E-state index in [0.717, 1.165) is 17.5 Å². The van der Waals surface area contributed by atoms with Gasteiger partial charge in [-0.1, -0.05) is 31.2 Å². The Hall–Kier alpha value is -1.28. The molecule has 1 atom stereocenters. The summed E-state index contributed by atoms with van der Waals surface area (Å²) in [6.45, 7) is 7.51. The average molecular weight is 234 g/mol. The molecule has 0 saturated heterocycles. The van der Waals surface area contributed by atoms with E-state index in [4.69, 9.17) is 0 Å². The van der Waals surface area contributed by atoms with Crippen molar-refractivity contribution >= 4 is 0 Å². The molecule has 1 rings (SSSR count). The van der Waals surface area contributed by atoms with Gasteiger partial charge in [0.15, 0.2) is 0 Å². The van der Waals surface area contributed by atoms with E-state index in [1.54, 1.807) is 19.9 Å². The fourth-order valence-electron chi connectivity index (χ4n) is 1.63. The minimum Gasteiger partial charge on any atom is -0.508 e. The van der Waals surface area contributed by atoms with Gasteiger partial charge >= 0.3 is 0 Å². The molecule has 0 unspecified atom stereocenters. The van der Waals surface area contributed by atoms with Crippen LogP contribution in [0.15, 0.2) is 30.4 Å². The molecule has 2 N–H and O–H groups in total. The quantitative estimate of drug-likeness (QED) is 0.782. The van der Waals surface area contributed by atoms with E-state index < -0.39 is 5.60 Å². The van der Waals surface area contributed by atoms with Crippen LogP contribution in [0.2, 0.25) is 0 Å². The smallest absolute Gasteiger partial charge is 0.118 e. The Bertz CT molecular complexity index is 400. The summed E-state index contributed by atoms with van der Waals surface area (Å²) >= 11 is 0. The second kappa shape index (κ2) is 5.37. The van der Waals surface area contributed by atoms with E-state index in [2.05, 4.69) is 6.92 Å². The second-order valence-corrected chi connectivity index (χ2v) is 5.24. The maximum atomic E-state index is 9.65. The van der Waals surface area contributed by atoms with Crippen LogP contribution in [0, 0.1) is 6.92 Å². The lowest BCUT2D eigenvalue weighted by Crippen LogP contribution is -2.13. The summed E-state index contributed by atoms with van der Waals surface area (Å²) < 4.78 is 0. The van der Waals surface area contributed by atoms with Crippen LogP contribution < -0.4 is 0 Å². The maximum absolute atomic E-state index is 9.65. The number of hydrogen-bond donors (Lipinski definition) is 2. The van der Waals surface area contributed by atoms with Crippen LogP contribution in [0.25, 0.3) is 0 Å². The number of aliphatic hydroxyl groups is 1. The molecular weight excluding hydrogens is 212 g/mol. The molecule has 1 aromatic rings. The van der Waals surface area contributed by atoms with E-state index in [1.165, 1.54) is 0 Å². The molecule has 2 nitrogen and oxygen atoms in total. The first-order valence-corrected chi connectivity index (χ1v) is 5.99. The molecular formula is C15H22O2. The molecule has 0 aliphatic heterocycles. The van der Waals surface area contributed by atoms with Gasteiger partial charge in [0.1, 0.15) is 5.75 Å². The van der Waals surface area contributed by atoms with Crippen molar-refractivity contribution in [1.82, 2.24) is 0 Å². The van der Waals surface area contributed by atoms with Crippen LogP contribution >= 0.6 is 0 Å². The van der Waals surface area contributed by atoms with Crippen molar-refractivity contribution in [3.63, 3.8) is 0 Å². The molecule has 2 heteroatoms. The second-order valence-electron chi connectivity index (χ2n) is 5.24. The number of rotatable bonds is 4. The predicted octanol–water partition coefficient (Wildman–Crippen LogP) is 3.52. The average Bonchev–Trinajstić information content (AvgIpc) is 2.20. The Morgan fingerprint density at radius 2 is 2.00 bits per heavy atom. The van der Waals surface area contributed by atoms with Crippen molar-refractivity contribution in [3.05, 3.63) is 41.5 Å². The zero-order valence-corrected chi connectivity index (χ0v) is 11.1. The molecule has 0 spiro atoms. The SMILES string of the molecule is Cc1ccc([C@H](C)CC=CC(C)(C)O)cc1O. The Labute approximate surface area is 104 Å². The summed E-state index contributed by atoms with van der Waals surface area (Å²) in [6.07, 6.45) is 4.64. The Balaban J connectivity index is 2.67. The number of phenols is 1. The number of aryl methyl sites for hydroxylation is 1. The van der Waals surface area contributed by atoms with Gasteiger partial charge < -0.3 is 10.2 Å². The highest BCUT2D eigenvalue weighted by Gasteiger charge is 2.08. The van der Waals surface area contributed by atoms with Crippen LogP contribution in [0.4, 0.5) is 0 Å². The molecule has 0 aromatic heterocycles. The largest absolute Gasteiger partial charge is 0.508 e. The number of phenolic OH excluding ortho intramolecular Hbond substituents is 1. The van der Waals surface area contributed by atoms with Crippen LogP contribution in [0.3, 0.4) is 0 Å². The van der Waals surface area contributed by atoms with Crippen LogP contribution in [0.1, 0.15) is 44.2 Å². The Morgan fingerprint density at radius 3 is 2.53 bits per heavy atom. The van der Waals surface area contributed by atoms with Gasteiger partial charge in [0.05, 0.1) is 5.60 Å². The highest BCUT2D eigenvalue weighted by molar-refractivity contribution is 5.36. The monoisotopic (exact) mass is 234 g/mol. The Morgan fingerprint density at radius 1 is 1.35 bits per heavy atom. The van der Waals surface area contributed by atoms with E-state index >= 15 is 0 Å². The van der Waals surface area contributed by atoms with E-state index in [9.17, 15) is 10.2 Å². The summed E-state index contributed by atoms with van der Waals surface area (Å²) in [4.78, 5) is 0. The fraction of sp³-hybridized carbons (Fsp3) is 0.467. The Kier molecular flexibility index (Phi) is 4.35. The van der Waals surface area contributed by atoms with E-state index in [0.29, 0.717) is 11.7 Å². The van der Waals surface area contributed by atoms with Gasteiger partial charge in [0.2, 0.25) is 0 Å². The fourth-order valence-corrected chi connectivity index (χ4v) is 1.63. The lowest BCUT2D eigenvalue weighted by atomic mass is 9.95. The predicted molar refractivity (Wildman–Crippen MR) is 71.3 cm³/mol. The molecule has 0 aliphatic carbocycles. The van der Waals surface area contributed by atoms with Gasteiger partial charge in [0.25, 0.3) is 0 Å². The third-order valence-corrected chi connectivity index (χ3v) is 2.82. The van der Waals surface area contributed by atoms with Crippen LogP contribution in [-0.2, 0) is 0 Å². The van der Waals surface area contributed by atoms with E-state index in [-0.39, 0.29) is 0 Å². The van der Waals surface area contributed by atoms with Gasteiger partial charge in [-0.15, -0.1) is 0 Å². The first-order valence-electron chi connectivity index (χ1n) is 5.99. The van der Waals surface area contributed by atoms with Crippen molar-refractivity contribution in [1.29, 1.82) is 0 Å². The highest BCUT2D eigenvalue weighted by atomic mass is 16.3. The molecule has 0 fully saturated rings. The highest BCUT2D eigenvalue weighted by Crippen LogP contribution is 2.25. The van der Waals surface area contributed by atoms with Crippen molar-refractivity contribution in [2.75, 3.05) is 0 Å².